The van der Waals surface area contributed by atoms with E-state index in [2.05, 4.69) is 9.80 Å². The lowest BCUT2D eigenvalue weighted by Gasteiger charge is -2.23. The van der Waals surface area contributed by atoms with Gasteiger partial charge in [-0.1, -0.05) is 12.8 Å². The maximum atomic E-state index is 12.0. The summed E-state index contributed by atoms with van der Waals surface area (Å²) >= 11 is 0. The Balaban J connectivity index is 1.77. The zero-order chi connectivity index (χ0) is 10.5. The van der Waals surface area contributed by atoms with Crippen molar-refractivity contribution in [1.82, 2.24) is 9.80 Å². The van der Waals surface area contributed by atoms with Crippen molar-refractivity contribution in [3.63, 3.8) is 0 Å². The Morgan fingerprint density at radius 1 is 0.800 bits per heavy atom. The molecule has 0 radical (unpaired) electrons. The van der Waals surface area contributed by atoms with E-state index in [1.165, 1.54) is 38.5 Å². The molecular formula is C12H22N2O. The van der Waals surface area contributed by atoms with Gasteiger partial charge in [-0.15, -0.1) is 0 Å². The standard InChI is InChI=1S/C12H22N2O/c15-12(11-13-7-5-6-8-13)14-9-3-1-2-4-10-14/h1-11H2. The van der Waals surface area contributed by atoms with Crippen molar-refractivity contribution in [2.24, 2.45) is 0 Å². The molecule has 2 aliphatic rings. The van der Waals surface area contributed by atoms with Gasteiger partial charge in [0.1, 0.15) is 0 Å². The molecule has 3 nitrogen and oxygen atoms in total. The number of nitrogens with zero attached hydrogens (tertiary/aromatic N) is 2. The highest BCUT2D eigenvalue weighted by Crippen LogP contribution is 2.12. The third-order valence-electron chi connectivity index (χ3n) is 3.52. The molecule has 0 spiro atoms. The van der Waals surface area contributed by atoms with Crippen molar-refractivity contribution < 1.29 is 4.79 Å². The zero-order valence-electron chi connectivity index (χ0n) is 9.58. The molecule has 2 fully saturated rings. The largest absolute Gasteiger partial charge is 0.342 e. The number of carbonyl (C=O) groups is 1. The van der Waals surface area contributed by atoms with Gasteiger partial charge in [0.15, 0.2) is 0 Å². The minimum Gasteiger partial charge on any atom is -0.342 e. The van der Waals surface area contributed by atoms with Gasteiger partial charge in [-0.25, -0.2) is 0 Å². The second kappa shape index (κ2) is 5.50. The Hall–Kier alpha value is -0.570. The number of likely N-dealkylation sites (tertiary alicyclic amines) is 2. The van der Waals surface area contributed by atoms with Crippen LogP contribution in [0.1, 0.15) is 38.5 Å². The molecule has 15 heavy (non-hydrogen) atoms. The van der Waals surface area contributed by atoms with Crippen molar-refractivity contribution in [3.05, 3.63) is 0 Å². The monoisotopic (exact) mass is 210 g/mol. The van der Waals surface area contributed by atoms with Crippen molar-refractivity contribution in [2.45, 2.75) is 38.5 Å². The number of hydrogen-bond acceptors (Lipinski definition) is 2. The molecule has 0 N–H and O–H groups in total. The summed E-state index contributed by atoms with van der Waals surface area (Å²) < 4.78 is 0. The summed E-state index contributed by atoms with van der Waals surface area (Å²) in [6.45, 7) is 4.90. The Morgan fingerprint density at radius 2 is 1.33 bits per heavy atom. The van der Waals surface area contributed by atoms with Gasteiger partial charge in [-0.2, -0.15) is 0 Å². The Bertz CT molecular complexity index is 204. The second-order valence-electron chi connectivity index (χ2n) is 4.78. The normalized spacial score (nSPS) is 24.1. The molecule has 2 saturated heterocycles. The van der Waals surface area contributed by atoms with Crippen molar-refractivity contribution in [1.29, 1.82) is 0 Å². The van der Waals surface area contributed by atoms with Gasteiger partial charge in [-0.3, -0.25) is 9.69 Å². The maximum absolute atomic E-state index is 12.0. The molecule has 2 heterocycles. The summed E-state index contributed by atoms with van der Waals surface area (Å²) in [5.74, 6) is 0.360. The minimum absolute atomic E-state index is 0.360. The summed E-state index contributed by atoms with van der Waals surface area (Å²) in [6, 6.07) is 0. The lowest BCUT2D eigenvalue weighted by molar-refractivity contribution is -0.132. The predicted octanol–water partition coefficient (Wildman–Crippen LogP) is 1.48. The zero-order valence-corrected chi connectivity index (χ0v) is 9.58. The average molecular weight is 210 g/mol. The van der Waals surface area contributed by atoms with E-state index in [0.717, 1.165) is 26.2 Å². The van der Waals surface area contributed by atoms with Crippen molar-refractivity contribution in [2.75, 3.05) is 32.7 Å². The summed E-state index contributed by atoms with van der Waals surface area (Å²) in [5.41, 5.74) is 0. The van der Waals surface area contributed by atoms with E-state index in [9.17, 15) is 4.79 Å². The molecule has 0 saturated carbocycles. The Labute approximate surface area is 92.4 Å². The Kier molecular flexibility index (Phi) is 4.01. The molecule has 0 bridgehead atoms. The van der Waals surface area contributed by atoms with Crippen LogP contribution in [0.3, 0.4) is 0 Å². The van der Waals surface area contributed by atoms with E-state index < -0.39 is 0 Å². The Morgan fingerprint density at radius 3 is 1.93 bits per heavy atom. The molecule has 0 atom stereocenters. The van der Waals surface area contributed by atoms with Crippen LogP contribution in [-0.2, 0) is 4.79 Å². The van der Waals surface area contributed by atoms with Crippen molar-refractivity contribution >= 4 is 5.91 Å². The van der Waals surface area contributed by atoms with Crippen LogP contribution in [0.5, 0.6) is 0 Å². The first-order valence-corrected chi connectivity index (χ1v) is 6.36. The summed E-state index contributed by atoms with van der Waals surface area (Å²) in [7, 11) is 0. The van der Waals surface area contributed by atoms with E-state index >= 15 is 0 Å². The third-order valence-corrected chi connectivity index (χ3v) is 3.52. The summed E-state index contributed by atoms with van der Waals surface area (Å²) in [4.78, 5) is 16.4. The maximum Gasteiger partial charge on any atom is 0.236 e. The van der Waals surface area contributed by atoms with E-state index in [4.69, 9.17) is 0 Å². The molecule has 0 aromatic carbocycles. The number of rotatable bonds is 2. The lowest BCUT2D eigenvalue weighted by Crippen LogP contribution is -2.39. The SMILES string of the molecule is O=C(CN1CCCC1)N1CCCCCC1. The quantitative estimate of drug-likeness (QED) is 0.689. The van der Waals surface area contributed by atoms with Crippen LogP contribution in [0.25, 0.3) is 0 Å². The molecule has 0 aromatic rings. The number of carbonyl (C=O) groups excluding carboxylic acids is 1. The van der Waals surface area contributed by atoms with Gasteiger partial charge < -0.3 is 4.90 Å². The molecule has 2 aliphatic heterocycles. The van der Waals surface area contributed by atoms with Gasteiger partial charge >= 0.3 is 0 Å². The molecule has 0 aromatic heterocycles. The van der Waals surface area contributed by atoms with Gasteiger partial charge in [-0.05, 0) is 38.8 Å². The first-order valence-electron chi connectivity index (χ1n) is 6.36. The van der Waals surface area contributed by atoms with Crippen molar-refractivity contribution in [3.8, 4) is 0 Å². The molecule has 2 rings (SSSR count). The second-order valence-corrected chi connectivity index (χ2v) is 4.78. The van der Waals surface area contributed by atoms with Crippen LogP contribution in [0.15, 0.2) is 0 Å². The van der Waals surface area contributed by atoms with Crippen LogP contribution < -0.4 is 0 Å². The van der Waals surface area contributed by atoms with Gasteiger partial charge in [0, 0.05) is 13.1 Å². The molecule has 0 aliphatic carbocycles. The fourth-order valence-corrected chi connectivity index (χ4v) is 2.55. The fourth-order valence-electron chi connectivity index (χ4n) is 2.55. The lowest BCUT2D eigenvalue weighted by atomic mass is 10.2. The predicted molar refractivity (Wildman–Crippen MR) is 60.7 cm³/mol. The third kappa shape index (κ3) is 3.20. The highest BCUT2D eigenvalue weighted by molar-refractivity contribution is 5.78. The molecule has 3 heteroatoms. The van der Waals surface area contributed by atoms with Crippen LogP contribution in [0.4, 0.5) is 0 Å². The van der Waals surface area contributed by atoms with Gasteiger partial charge in [0.05, 0.1) is 6.54 Å². The van der Waals surface area contributed by atoms with E-state index in [0.29, 0.717) is 12.5 Å². The highest BCUT2D eigenvalue weighted by Gasteiger charge is 2.20. The highest BCUT2D eigenvalue weighted by atomic mass is 16.2. The summed E-state index contributed by atoms with van der Waals surface area (Å²) in [6.07, 6.45) is 7.54. The van der Waals surface area contributed by atoms with Gasteiger partial charge in [0.2, 0.25) is 5.91 Å². The van der Waals surface area contributed by atoms with Crippen LogP contribution in [-0.4, -0.2) is 48.4 Å². The molecule has 86 valence electrons. The number of hydrogen-bond donors (Lipinski definition) is 0. The first kappa shape index (κ1) is 10.9. The van der Waals surface area contributed by atoms with E-state index in [-0.39, 0.29) is 0 Å². The van der Waals surface area contributed by atoms with Gasteiger partial charge in [0.25, 0.3) is 0 Å². The fraction of sp³-hybridized carbons (Fsp3) is 0.917. The molecule has 0 unspecified atom stereocenters. The van der Waals surface area contributed by atoms with E-state index in [1.807, 2.05) is 0 Å². The van der Waals surface area contributed by atoms with E-state index in [1.54, 1.807) is 0 Å². The van der Waals surface area contributed by atoms with Crippen LogP contribution >= 0.6 is 0 Å². The van der Waals surface area contributed by atoms with Crippen LogP contribution in [0, 0.1) is 0 Å². The summed E-state index contributed by atoms with van der Waals surface area (Å²) in [5, 5.41) is 0. The molecule has 1 amide bonds. The van der Waals surface area contributed by atoms with Crippen LogP contribution in [0.2, 0.25) is 0 Å². The number of amides is 1. The first-order chi connectivity index (χ1) is 7.36. The minimum atomic E-state index is 0.360. The smallest absolute Gasteiger partial charge is 0.236 e. The average Bonchev–Trinajstić information content (AvgIpc) is 2.58. The topological polar surface area (TPSA) is 23.6 Å². The molecular weight excluding hydrogens is 188 g/mol.